The molecule has 3 heterocycles. The van der Waals surface area contributed by atoms with Gasteiger partial charge in [0.15, 0.2) is 46.5 Å². The van der Waals surface area contributed by atoms with Crippen LogP contribution >= 0.6 is 34.0 Å². The van der Waals surface area contributed by atoms with Gasteiger partial charge in [0.1, 0.15) is 11.4 Å². The van der Waals surface area contributed by atoms with Gasteiger partial charge in [0.05, 0.1) is 24.3 Å². The number of rotatable bonds is 22. The zero-order valence-corrected chi connectivity index (χ0v) is 40.5. The lowest BCUT2D eigenvalue weighted by atomic mass is 10.1. The van der Waals surface area contributed by atoms with Gasteiger partial charge < -0.3 is 20.0 Å². The Balaban J connectivity index is 0.000000302. The van der Waals surface area contributed by atoms with Crippen LogP contribution in [0.15, 0.2) is 35.7 Å². The van der Waals surface area contributed by atoms with Crippen molar-refractivity contribution in [1.29, 1.82) is 0 Å². The van der Waals surface area contributed by atoms with Crippen LogP contribution in [0.25, 0.3) is 55.5 Å². The van der Waals surface area contributed by atoms with Gasteiger partial charge in [-0.2, -0.15) is 0 Å². The molecule has 0 aliphatic rings. The quantitative estimate of drug-likeness (QED) is 0.0311. The van der Waals surface area contributed by atoms with Crippen molar-refractivity contribution in [1.82, 2.24) is 0 Å². The predicted molar refractivity (Wildman–Crippen MR) is 263 cm³/mol. The monoisotopic (exact) mass is 1020 g/mol. The Morgan fingerprint density at radius 2 is 0.841 bits per heavy atom. The van der Waals surface area contributed by atoms with Gasteiger partial charge in [-0.05, 0) is 86.4 Å². The Labute approximate surface area is 407 Å². The van der Waals surface area contributed by atoms with Crippen LogP contribution in [0.3, 0.4) is 0 Å². The third-order valence-electron chi connectivity index (χ3n) is 10.3. The summed E-state index contributed by atoms with van der Waals surface area (Å²) in [6.45, 7) is 22.6. The molecule has 0 radical (unpaired) electrons. The molecule has 69 heavy (non-hydrogen) atoms. The number of carboxylic acid groups (broad SMARTS) is 2. The molecule has 3 aromatic heterocycles. The van der Waals surface area contributed by atoms with Crippen molar-refractivity contribution in [3.63, 3.8) is 0 Å². The number of halogens is 8. The van der Waals surface area contributed by atoms with E-state index in [1.54, 1.807) is 12.1 Å². The molecular weight excluding hydrogens is 969 g/mol. The van der Waals surface area contributed by atoms with Crippen LogP contribution in [0.4, 0.5) is 46.5 Å². The fraction of sp³-hybridized carbons (Fsp3) is 0.320. The van der Waals surface area contributed by atoms with Crippen molar-refractivity contribution in [3.05, 3.63) is 136 Å². The zero-order chi connectivity index (χ0) is 50.9. The number of carbonyl (C=O) groups is 2. The Morgan fingerprint density at radius 1 is 0.507 bits per heavy atom. The van der Waals surface area contributed by atoms with Crippen molar-refractivity contribution in [2.45, 2.75) is 79.1 Å². The highest BCUT2D eigenvalue weighted by Gasteiger charge is 2.29. The van der Waals surface area contributed by atoms with Crippen LogP contribution in [-0.4, -0.2) is 48.3 Å². The Hall–Kier alpha value is -6.28. The van der Waals surface area contributed by atoms with E-state index in [1.165, 1.54) is 62.8 Å². The second-order valence-electron chi connectivity index (χ2n) is 15.3. The van der Waals surface area contributed by atoms with Crippen LogP contribution < -0.4 is 9.80 Å². The lowest BCUT2D eigenvalue weighted by molar-refractivity contribution is -0.133. The number of carboxylic acids is 2. The average molecular weight is 1020 g/mol. The van der Waals surface area contributed by atoms with Gasteiger partial charge in [-0.1, -0.05) is 53.4 Å². The number of aliphatic carboxylic acids is 2. The maximum atomic E-state index is 15.0. The zero-order valence-electron chi connectivity index (χ0n) is 38.0. The molecule has 366 valence electrons. The van der Waals surface area contributed by atoms with Gasteiger partial charge >= 0.3 is 11.9 Å². The molecule has 0 spiro atoms. The molecule has 0 saturated carbocycles. The van der Waals surface area contributed by atoms with Crippen molar-refractivity contribution in [2.75, 3.05) is 36.0 Å². The smallest absolute Gasteiger partial charge is 0.333 e. The topological polar surface area (TPSA) is 89.8 Å². The summed E-state index contributed by atoms with van der Waals surface area (Å²) in [4.78, 5) is 32.6. The van der Waals surface area contributed by atoms with E-state index in [0.29, 0.717) is 58.3 Å². The number of hydrogen-bond donors (Lipinski definition) is 2. The van der Waals surface area contributed by atoms with E-state index in [9.17, 15) is 44.7 Å². The number of anilines is 2. The second kappa shape index (κ2) is 26.5. The first-order valence-electron chi connectivity index (χ1n) is 21.8. The van der Waals surface area contributed by atoms with Gasteiger partial charge in [0, 0.05) is 55.1 Å². The van der Waals surface area contributed by atoms with Gasteiger partial charge in [-0.15, -0.1) is 34.0 Å². The van der Waals surface area contributed by atoms with Gasteiger partial charge in [0.25, 0.3) is 11.4 Å². The standard InChI is InChI=1S/C26H24F4N2O2S2.C24H24F4N2O2S/c1-4-6-10-32(11-7-5-2)25-23(29)21(27)17(22(28)24(25)30)9-8-15-13-19-20(35-15)14-16(36-19)12-18(31-3)26(33)34;1-4-6-12-30(13-7-5-2)23-21(27)19(25)17(20(26)22(23)28)11-10-15-8-9-16(33-15)14-18(29-3)24(31)32/h8-9,12-14H,4-7,10-11H2,1-2H3,(H,33,34);8-11,14H,4-7,12-13H2,1-2H3,(H,31,32)/b9-8+,18-12-;11-10+,18-14-. The lowest BCUT2D eigenvalue weighted by Crippen LogP contribution is -2.28. The Bertz CT molecular complexity index is 2750. The molecule has 19 heteroatoms. The van der Waals surface area contributed by atoms with E-state index >= 15 is 0 Å². The number of thiophene rings is 3. The summed E-state index contributed by atoms with van der Waals surface area (Å²) in [5.41, 5.74) is -3.87. The lowest BCUT2D eigenvalue weighted by Gasteiger charge is -2.26. The van der Waals surface area contributed by atoms with E-state index in [4.69, 9.17) is 23.4 Å². The fourth-order valence-electron chi connectivity index (χ4n) is 6.63. The predicted octanol–water partition coefficient (Wildman–Crippen LogP) is 15.7. The normalized spacial score (nSPS) is 11.9. The first-order chi connectivity index (χ1) is 33.0. The molecule has 2 aromatic carbocycles. The number of fused-ring (bicyclic) bond motifs is 1. The van der Waals surface area contributed by atoms with Crippen LogP contribution in [-0.2, 0) is 9.59 Å². The number of hydrogen-bond acceptors (Lipinski definition) is 7. The average Bonchev–Trinajstić information content (AvgIpc) is 4.05. The van der Waals surface area contributed by atoms with E-state index < -0.39 is 92.4 Å². The SMILES string of the molecule is [C-]#[N+]/C(=C\c1cc2sc(/C=C/c3c(F)c(F)c(N(CCCC)CCCC)c(F)c3F)cc2s1)C(=O)O.[C-]#[N+]/C(=C\c1ccc(/C=C/c2c(F)c(F)c(N(CCCC)CCCC)c(F)c2F)s1)C(=O)O. The van der Waals surface area contributed by atoms with Crippen molar-refractivity contribution in [2.24, 2.45) is 0 Å². The molecule has 0 atom stereocenters. The third-order valence-corrected chi connectivity index (χ3v) is 13.5. The molecule has 5 rings (SSSR count). The third kappa shape index (κ3) is 14.2. The molecule has 0 aliphatic carbocycles. The van der Waals surface area contributed by atoms with Gasteiger partial charge in [0.2, 0.25) is 0 Å². The minimum absolute atomic E-state index is 0.285. The molecule has 0 fully saturated rings. The largest absolute Gasteiger partial charge is 0.486 e. The maximum Gasteiger partial charge on any atom is 0.333 e. The van der Waals surface area contributed by atoms with Gasteiger partial charge in [-0.25, -0.2) is 44.8 Å². The molecule has 0 unspecified atom stereocenters. The molecule has 0 bridgehead atoms. The molecule has 8 nitrogen and oxygen atoms in total. The van der Waals surface area contributed by atoms with Crippen LogP contribution in [0.2, 0.25) is 0 Å². The maximum absolute atomic E-state index is 15.0. The summed E-state index contributed by atoms with van der Waals surface area (Å²) in [6, 6.07) is 6.47. The van der Waals surface area contributed by atoms with E-state index in [-0.39, 0.29) is 13.1 Å². The van der Waals surface area contributed by atoms with E-state index in [0.717, 1.165) is 64.6 Å². The minimum Gasteiger partial charge on any atom is -0.486 e. The highest BCUT2D eigenvalue weighted by molar-refractivity contribution is 7.28. The molecule has 0 saturated heterocycles. The van der Waals surface area contributed by atoms with E-state index in [2.05, 4.69) is 9.69 Å². The first-order valence-corrected chi connectivity index (χ1v) is 24.3. The second-order valence-corrected chi connectivity index (χ2v) is 18.6. The summed E-state index contributed by atoms with van der Waals surface area (Å²) in [5, 5.41) is 17.9. The van der Waals surface area contributed by atoms with Crippen molar-refractivity contribution >= 4 is 103 Å². The summed E-state index contributed by atoms with van der Waals surface area (Å²) in [7, 11) is 0. The van der Waals surface area contributed by atoms with Crippen LogP contribution in [0.1, 0.15) is 110 Å². The fourth-order valence-corrected chi connectivity index (χ4v) is 9.74. The molecule has 0 amide bonds. The number of unbranched alkanes of at least 4 members (excludes halogenated alkanes) is 4. The molecular formula is C50H48F8N4O4S3. The molecule has 0 aliphatic heterocycles. The summed E-state index contributed by atoms with van der Waals surface area (Å²) in [6.07, 6.45) is 12.6. The summed E-state index contributed by atoms with van der Waals surface area (Å²) in [5.74, 6) is -14.2. The Morgan fingerprint density at radius 3 is 1.20 bits per heavy atom. The summed E-state index contributed by atoms with van der Waals surface area (Å²) < 4.78 is 120. The Kier molecular flexibility index (Phi) is 21.2. The van der Waals surface area contributed by atoms with E-state index in [1.807, 2.05) is 27.7 Å². The molecule has 2 N–H and O–H groups in total. The number of nitrogens with zero attached hydrogens (tertiary/aromatic N) is 4. The van der Waals surface area contributed by atoms with Crippen LogP contribution in [0, 0.1) is 59.7 Å². The highest BCUT2D eigenvalue weighted by Crippen LogP contribution is 2.38. The summed E-state index contributed by atoms with van der Waals surface area (Å²) >= 11 is 3.55. The van der Waals surface area contributed by atoms with Crippen molar-refractivity contribution in [3.8, 4) is 0 Å². The minimum atomic E-state index is -1.48. The molecule has 5 aromatic rings. The van der Waals surface area contributed by atoms with Crippen LogP contribution in [0.5, 0.6) is 0 Å². The number of benzene rings is 2. The highest BCUT2D eigenvalue weighted by atomic mass is 32.1. The first kappa shape index (κ1) is 55.3. The van der Waals surface area contributed by atoms with Crippen molar-refractivity contribution < 1.29 is 54.9 Å². The van der Waals surface area contributed by atoms with Gasteiger partial charge in [-0.3, -0.25) is 9.59 Å².